The number of methoxy groups -OCH3 is 1. The maximum absolute atomic E-state index is 12.6. The van der Waals surface area contributed by atoms with Gasteiger partial charge in [-0.05, 0) is 50.2 Å². The van der Waals surface area contributed by atoms with E-state index in [2.05, 4.69) is 10.6 Å². The lowest BCUT2D eigenvalue weighted by atomic mass is 10.1. The zero-order valence-corrected chi connectivity index (χ0v) is 14.9. The second-order valence-electron chi connectivity index (χ2n) is 5.81. The van der Waals surface area contributed by atoms with Crippen LogP contribution in [0.15, 0.2) is 46.9 Å². The first-order valence-electron chi connectivity index (χ1n) is 8.30. The number of aryl methyl sites for hydroxylation is 1. The van der Waals surface area contributed by atoms with E-state index in [0.29, 0.717) is 29.1 Å². The molecule has 134 valence electrons. The molecular formula is C20H20N2O4. The minimum Gasteiger partial charge on any atom is -0.497 e. The van der Waals surface area contributed by atoms with Gasteiger partial charge < -0.3 is 19.8 Å². The van der Waals surface area contributed by atoms with Gasteiger partial charge in [0.2, 0.25) is 0 Å². The summed E-state index contributed by atoms with van der Waals surface area (Å²) < 4.78 is 10.9. The van der Waals surface area contributed by atoms with Gasteiger partial charge in [-0.2, -0.15) is 0 Å². The standard InChI is InChI=1S/C20H20N2O4/c1-4-21-19(23)13-6-5-7-14(10-13)22-20(24)18-12(2)16-11-15(25-3)8-9-17(16)26-18/h5-11H,4H2,1-3H3,(H,21,23)(H,22,24). The number of carbonyl (C=O) groups excluding carboxylic acids is 2. The molecule has 0 saturated carbocycles. The lowest BCUT2D eigenvalue weighted by Gasteiger charge is -2.07. The van der Waals surface area contributed by atoms with Crippen molar-refractivity contribution >= 4 is 28.5 Å². The highest BCUT2D eigenvalue weighted by molar-refractivity contribution is 6.07. The molecule has 3 aromatic rings. The molecule has 0 aliphatic carbocycles. The number of rotatable bonds is 5. The summed E-state index contributed by atoms with van der Waals surface area (Å²) >= 11 is 0. The molecule has 0 radical (unpaired) electrons. The molecule has 2 amide bonds. The highest BCUT2D eigenvalue weighted by atomic mass is 16.5. The van der Waals surface area contributed by atoms with Crippen LogP contribution in [-0.4, -0.2) is 25.5 Å². The molecule has 0 saturated heterocycles. The van der Waals surface area contributed by atoms with Gasteiger partial charge >= 0.3 is 0 Å². The highest BCUT2D eigenvalue weighted by Gasteiger charge is 2.18. The summed E-state index contributed by atoms with van der Waals surface area (Å²) in [7, 11) is 1.59. The van der Waals surface area contributed by atoms with Gasteiger partial charge in [0.1, 0.15) is 11.3 Å². The van der Waals surface area contributed by atoms with Crippen LogP contribution < -0.4 is 15.4 Å². The average molecular weight is 352 g/mol. The SMILES string of the molecule is CCNC(=O)c1cccc(NC(=O)c2oc3ccc(OC)cc3c2C)c1. The number of hydrogen-bond acceptors (Lipinski definition) is 4. The molecule has 0 aliphatic rings. The summed E-state index contributed by atoms with van der Waals surface area (Å²) in [5.74, 6) is 0.376. The van der Waals surface area contributed by atoms with Crippen molar-refractivity contribution in [2.75, 3.05) is 19.0 Å². The first kappa shape index (κ1) is 17.5. The number of anilines is 1. The minimum atomic E-state index is -0.370. The number of hydrogen-bond donors (Lipinski definition) is 2. The summed E-state index contributed by atoms with van der Waals surface area (Å²) in [5, 5.41) is 6.34. The third kappa shape index (κ3) is 3.39. The van der Waals surface area contributed by atoms with E-state index in [0.717, 1.165) is 10.9 Å². The summed E-state index contributed by atoms with van der Waals surface area (Å²) in [4.78, 5) is 24.6. The first-order chi connectivity index (χ1) is 12.5. The zero-order chi connectivity index (χ0) is 18.7. The Balaban J connectivity index is 1.86. The number of ether oxygens (including phenoxy) is 1. The molecule has 2 N–H and O–H groups in total. The van der Waals surface area contributed by atoms with Crippen molar-refractivity contribution in [3.63, 3.8) is 0 Å². The van der Waals surface area contributed by atoms with Crippen molar-refractivity contribution in [3.8, 4) is 5.75 Å². The van der Waals surface area contributed by atoms with Gasteiger partial charge in [0, 0.05) is 28.7 Å². The van der Waals surface area contributed by atoms with Gasteiger partial charge in [0.15, 0.2) is 5.76 Å². The lowest BCUT2D eigenvalue weighted by molar-refractivity contribution is 0.0953. The van der Waals surface area contributed by atoms with E-state index in [1.54, 1.807) is 43.5 Å². The van der Waals surface area contributed by atoms with E-state index in [9.17, 15) is 9.59 Å². The van der Waals surface area contributed by atoms with Crippen molar-refractivity contribution < 1.29 is 18.7 Å². The molecule has 0 atom stereocenters. The Kier molecular flexibility index (Phi) is 4.93. The Morgan fingerprint density at radius 3 is 2.65 bits per heavy atom. The highest BCUT2D eigenvalue weighted by Crippen LogP contribution is 2.29. The minimum absolute atomic E-state index is 0.185. The van der Waals surface area contributed by atoms with Crippen LogP contribution >= 0.6 is 0 Å². The summed E-state index contributed by atoms with van der Waals surface area (Å²) in [6.45, 7) is 4.21. The molecular weight excluding hydrogens is 332 g/mol. The molecule has 1 aromatic heterocycles. The maximum Gasteiger partial charge on any atom is 0.291 e. The van der Waals surface area contributed by atoms with Crippen LogP contribution in [0.2, 0.25) is 0 Å². The topological polar surface area (TPSA) is 80.6 Å². The van der Waals surface area contributed by atoms with Crippen LogP contribution in [0.25, 0.3) is 11.0 Å². The van der Waals surface area contributed by atoms with Gasteiger partial charge in [0.05, 0.1) is 7.11 Å². The van der Waals surface area contributed by atoms with E-state index < -0.39 is 0 Å². The fourth-order valence-corrected chi connectivity index (χ4v) is 2.73. The molecule has 2 aromatic carbocycles. The number of furan rings is 1. The molecule has 1 heterocycles. The largest absolute Gasteiger partial charge is 0.497 e. The Morgan fingerprint density at radius 2 is 1.92 bits per heavy atom. The second-order valence-corrected chi connectivity index (χ2v) is 5.81. The van der Waals surface area contributed by atoms with Crippen molar-refractivity contribution in [1.82, 2.24) is 5.32 Å². The Labute approximate surface area is 151 Å². The fourth-order valence-electron chi connectivity index (χ4n) is 2.73. The van der Waals surface area contributed by atoms with Crippen molar-refractivity contribution in [1.29, 1.82) is 0 Å². The van der Waals surface area contributed by atoms with Crippen LogP contribution in [0.3, 0.4) is 0 Å². The summed E-state index contributed by atoms with van der Waals surface area (Å²) in [6, 6.07) is 12.2. The van der Waals surface area contributed by atoms with Gasteiger partial charge in [-0.1, -0.05) is 6.07 Å². The molecule has 6 nitrogen and oxygen atoms in total. The summed E-state index contributed by atoms with van der Waals surface area (Å²) in [5.41, 5.74) is 2.35. The van der Waals surface area contributed by atoms with E-state index >= 15 is 0 Å². The van der Waals surface area contributed by atoms with Gasteiger partial charge in [-0.3, -0.25) is 9.59 Å². The number of nitrogens with one attached hydrogen (secondary N) is 2. The quantitative estimate of drug-likeness (QED) is 0.733. The Hall–Kier alpha value is -3.28. The van der Waals surface area contributed by atoms with Gasteiger partial charge in [0.25, 0.3) is 11.8 Å². The number of carbonyl (C=O) groups is 2. The molecule has 0 bridgehead atoms. The van der Waals surface area contributed by atoms with E-state index in [1.807, 2.05) is 19.9 Å². The number of amides is 2. The third-order valence-electron chi connectivity index (χ3n) is 4.07. The van der Waals surface area contributed by atoms with E-state index in [4.69, 9.17) is 9.15 Å². The van der Waals surface area contributed by atoms with Crippen LogP contribution in [-0.2, 0) is 0 Å². The molecule has 6 heteroatoms. The van der Waals surface area contributed by atoms with E-state index in [-0.39, 0.29) is 17.6 Å². The Bertz CT molecular complexity index is 975. The molecule has 0 unspecified atom stereocenters. The average Bonchev–Trinajstić information content (AvgIpc) is 2.98. The van der Waals surface area contributed by atoms with Crippen LogP contribution in [0.5, 0.6) is 5.75 Å². The molecule has 3 rings (SSSR count). The van der Waals surface area contributed by atoms with Gasteiger partial charge in [-0.15, -0.1) is 0 Å². The molecule has 0 fully saturated rings. The number of benzene rings is 2. The monoisotopic (exact) mass is 352 g/mol. The molecule has 26 heavy (non-hydrogen) atoms. The zero-order valence-electron chi connectivity index (χ0n) is 14.9. The summed E-state index contributed by atoms with van der Waals surface area (Å²) in [6.07, 6.45) is 0. The predicted octanol–water partition coefficient (Wildman–Crippen LogP) is 3.75. The fraction of sp³-hybridized carbons (Fsp3) is 0.200. The number of fused-ring (bicyclic) bond motifs is 1. The van der Waals surface area contributed by atoms with Crippen LogP contribution in [0, 0.1) is 6.92 Å². The Morgan fingerprint density at radius 1 is 1.12 bits per heavy atom. The van der Waals surface area contributed by atoms with Crippen molar-refractivity contribution in [3.05, 3.63) is 59.4 Å². The lowest BCUT2D eigenvalue weighted by Crippen LogP contribution is -2.22. The molecule has 0 spiro atoms. The third-order valence-corrected chi connectivity index (χ3v) is 4.07. The van der Waals surface area contributed by atoms with Gasteiger partial charge in [-0.25, -0.2) is 0 Å². The van der Waals surface area contributed by atoms with Crippen molar-refractivity contribution in [2.45, 2.75) is 13.8 Å². The van der Waals surface area contributed by atoms with E-state index in [1.165, 1.54) is 0 Å². The maximum atomic E-state index is 12.6. The smallest absolute Gasteiger partial charge is 0.291 e. The second kappa shape index (κ2) is 7.31. The van der Waals surface area contributed by atoms with Crippen molar-refractivity contribution in [2.24, 2.45) is 0 Å². The van der Waals surface area contributed by atoms with Crippen LogP contribution in [0.1, 0.15) is 33.4 Å². The van der Waals surface area contributed by atoms with Crippen LogP contribution in [0.4, 0.5) is 5.69 Å². The first-order valence-corrected chi connectivity index (χ1v) is 8.30. The predicted molar refractivity (Wildman–Crippen MR) is 99.9 cm³/mol. The normalized spacial score (nSPS) is 10.6. The molecule has 0 aliphatic heterocycles.